The van der Waals surface area contributed by atoms with Gasteiger partial charge in [-0.15, -0.1) is 0 Å². The van der Waals surface area contributed by atoms with Crippen LogP contribution in [-0.2, 0) is 0 Å². The van der Waals surface area contributed by atoms with Crippen molar-refractivity contribution in [2.75, 3.05) is 0 Å². The number of hydrogen-bond donors (Lipinski definition) is 1. The van der Waals surface area contributed by atoms with E-state index in [-0.39, 0.29) is 5.82 Å². The van der Waals surface area contributed by atoms with E-state index in [9.17, 15) is 4.39 Å². The van der Waals surface area contributed by atoms with Crippen molar-refractivity contribution in [3.8, 4) is 0 Å². The van der Waals surface area contributed by atoms with Crippen LogP contribution in [-0.4, -0.2) is 6.04 Å². The largest absolute Gasteiger partial charge is 0.307 e. The van der Waals surface area contributed by atoms with Gasteiger partial charge in [0, 0.05) is 12.1 Å². The lowest BCUT2D eigenvalue weighted by atomic mass is 10.1. The molecule has 1 N–H and O–H groups in total. The molecule has 0 saturated carbocycles. The van der Waals surface area contributed by atoms with Gasteiger partial charge in [0.05, 0.1) is 0 Å². The first-order chi connectivity index (χ1) is 6.25. The third-order valence-corrected chi connectivity index (χ3v) is 2.51. The third kappa shape index (κ3) is 1.89. The maximum atomic E-state index is 12.6. The Labute approximate surface area is 78.0 Å². The van der Waals surface area contributed by atoms with E-state index in [4.69, 9.17) is 0 Å². The van der Waals surface area contributed by atoms with E-state index in [0.717, 1.165) is 18.4 Å². The molecular formula is C11H13FN. The fraction of sp³-hybridized carbons (Fsp3) is 0.364. The van der Waals surface area contributed by atoms with Crippen LogP contribution in [0.25, 0.3) is 0 Å². The van der Waals surface area contributed by atoms with Gasteiger partial charge in [-0.25, -0.2) is 4.39 Å². The highest BCUT2D eigenvalue weighted by molar-refractivity contribution is 5.21. The Hall–Kier alpha value is -0.890. The van der Waals surface area contributed by atoms with Crippen LogP contribution in [0.15, 0.2) is 24.3 Å². The van der Waals surface area contributed by atoms with Crippen molar-refractivity contribution >= 4 is 0 Å². The number of rotatable bonds is 1. The third-order valence-electron chi connectivity index (χ3n) is 2.51. The highest BCUT2D eigenvalue weighted by Gasteiger charge is 2.21. The molecule has 2 heteroatoms. The van der Waals surface area contributed by atoms with Crippen LogP contribution < -0.4 is 5.32 Å². The lowest BCUT2D eigenvalue weighted by molar-refractivity contribution is 0.602. The molecular weight excluding hydrogens is 165 g/mol. The Bertz CT molecular complexity index is 281. The molecule has 1 fully saturated rings. The molecule has 0 aliphatic carbocycles. The lowest BCUT2D eigenvalue weighted by Crippen LogP contribution is -2.20. The summed E-state index contributed by atoms with van der Waals surface area (Å²) in [4.78, 5) is 0. The van der Waals surface area contributed by atoms with Gasteiger partial charge in [-0.05, 0) is 37.5 Å². The molecule has 1 heterocycles. The van der Waals surface area contributed by atoms with Gasteiger partial charge in [-0.1, -0.05) is 12.1 Å². The number of nitrogens with one attached hydrogen (secondary N) is 1. The fourth-order valence-corrected chi connectivity index (χ4v) is 1.78. The maximum absolute atomic E-state index is 12.6. The summed E-state index contributed by atoms with van der Waals surface area (Å²) in [5.74, 6) is -0.173. The minimum Gasteiger partial charge on any atom is -0.307 e. The van der Waals surface area contributed by atoms with Crippen molar-refractivity contribution in [3.05, 3.63) is 42.6 Å². The second-order valence-corrected chi connectivity index (χ2v) is 3.55. The van der Waals surface area contributed by atoms with Gasteiger partial charge in [-0.2, -0.15) is 0 Å². The predicted octanol–water partition coefficient (Wildman–Crippen LogP) is 2.45. The Kier molecular flexibility index (Phi) is 2.32. The average Bonchev–Trinajstić information content (AvgIpc) is 2.53. The molecule has 1 radical (unpaired) electrons. The number of halogens is 1. The van der Waals surface area contributed by atoms with Crippen molar-refractivity contribution in [2.45, 2.75) is 24.9 Å². The molecule has 1 aliphatic rings. The first-order valence-corrected chi connectivity index (χ1v) is 4.60. The maximum Gasteiger partial charge on any atom is 0.123 e. The van der Waals surface area contributed by atoms with E-state index < -0.39 is 0 Å². The zero-order valence-corrected chi connectivity index (χ0v) is 7.46. The lowest BCUT2D eigenvalue weighted by Gasteiger charge is -2.11. The number of benzene rings is 1. The molecule has 69 valence electrons. The second-order valence-electron chi connectivity index (χ2n) is 3.55. The number of hydrogen-bond acceptors (Lipinski definition) is 1. The molecule has 1 nitrogen and oxygen atoms in total. The summed E-state index contributed by atoms with van der Waals surface area (Å²) < 4.78 is 12.6. The van der Waals surface area contributed by atoms with Gasteiger partial charge in [0.25, 0.3) is 0 Å². The van der Waals surface area contributed by atoms with Crippen molar-refractivity contribution < 1.29 is 4.39 Å². The zero-order chi connectivity index (χ0) is 9.26. The summed E-state index contributed by atoms with van der Waals surface area (Å²) in [6, 6.07) is 7.40. The Balaban J connectivity index is 2.13. The van der Waals surface area contributed by atoms with E-state index in [2.05, 4.69) is 12.2 Å². The minimum atomic E-state index is -0.173. The SMILES string of the molecule is [CH2]C1CC[C@@H](c2ccc(F)cc2)N1. The van der Waals surface area contributed by atoms with E-state index in [1.807, 2.05) is 12.1 Å². The van der Waals surface area contributed by atoms with Gasteiger partial charge in [-0.3, -0.25) is 0 Å². The van der Waals surface area contributed by atoms with Crippen LogP contribution in [0.4, 0.5) is 4.39 Å². The molecule has 2 rings (SSSR count). The first kappa shape index (κ1) is 8.70. The van der Waals surface area contributed by atoms with E-state index in [0.29, 0.717) is 12.1 Å². The van der Waals surface area contributed by atoms with Crippen LogP contribution in [0.3, 0.4) is 0 Å². The minimum absolute atomic E-state index is 0.173. The quantitative estimate of drug-likeness (QED) is 0.696. The molecule has 1 aliphatic heterocycles. The Morgan fingerprint density at radius 2 is 1.92 bits per heavy atom. The molecule has 1 unspecified atom stereocenters. The first-order valence-electron chi connectivity index (χ1n) is 4.60. The zero-order valence-electron chi connectivity index (χ0n) is 7.46. The summed E-state index contributed by atoms with van der Waals surface area (Å²) in [6.45, 7) is 3.95. The standard InChI is InChI=1S/C11H13FN/c1-8-2-7-11(13-8)9-3-5-10(12)6-4-9/h3-6,8,11,13H,1-2,7H2/t8?,11-/m0/s1. The molecule has 0 spiro atoms. The summed E-state index contributed by atoms with van der Waals surface area (Å²) in [6.07, 6.45) is 2.20. The smallest absolute Gasteiger partial charge is 0.123 e. The van der Waals surface area contributed by atoms with Crippen LogP contribution in [0.5, 0.6) is 0 Å². The van der Waals surface area contributed by atoms with E-state index in [1.54, 1.807) is 0 Å². The summed E-state index contributed by atoms with van der Waals surface area (Å²) in [7, 11) is 0. The monoisotopic (exact) mass is 178 g/mol. The Morgan fingerprint density at radius 1 is 1.23 bits per heavy atom. The van der Waals surface area contributed by atoms with E-state index >= 15 is 0 Å². The summed E-state index contributed by atoms with van der Waals surface area (Å²) in [5, 5.41) is 3.36. The molecule has 0 aromatic heterocycles. The highest BCUT2D eigenvalue weighted by atomic mass is 19.1. The normalized spacial score (nSPS) is 27.8. The molecule has 0 bridgehead atoms. The molecule has 1 saturated heterocycles. The van der Waals surface area contributed by atoms with Gasteiger partial charge in [0.15, 0.2) is 0 Å². The molecule has 13 heavy (non-hydrogen) atoms. The Morgan fingerprint density at radius 3 is 2.46 bits per heavy atom. The van der Waals surface area contributed by atoms with Crippen LogP contribution in [0.1, 0.15) is 24.4 Å². The van der Waals surface area contributed by atoms with Crippen LogP contribution in [0, 0.1) is 12.7 Å². The molecule has 1 aromatic carbocycles. The van der Waals surface area contributed by atoms with E-state index in [1.165, 1.54) is 12.1 Å². The highest BCUT2D eigenvalue weighted by Crippen LogP contribution is 2.25. The van der Waals surface area contributed by atoms with Crippen molar-refractivity contribution in [1.82, 2.24) is 5.32 Å². The summed E-state index contributed by atoms with van der Waals surface area (Å²) >= 11 is 0. The van der Waals surface area contributed by atoms with Crippen molar-refractivity contribution in [3.63, 3.8) is 0 Å². The predicted molar refractivity (Wildman–Crippen MR) is 50.7 cm³/mol. The van der Waals surface area contributed by atoms with Gasteiger partial charge in [0.2, 0.25) is 0 Å². The van der Waals surface area contributed by atoms with Crippen LogP contribution in [0.2, 0.25) is 0 Å². The van der Waals surface area contributed by atoms with Crippen molar-refractivity contribution in [2.24, 2.45) is 0 Å². The van der Waals surface area contributed by atoms with Gasteiger partial charge in [0.1, 0.15) is 5.82 Å². The summed E-state index contributed by atoms with van der Waals surface area (Å²) in [5.41, 5.74) is 1.16. The topological polar surface area (TPSA) is 12.0 Å². The molecule has 1 aromatic rings. The molecule has 2 atom stereocenters. The average molecular weight is 178 g/mol. The van der Waals surface area contributed by atoms with Gasteiger partial charge < -0.3 is 5.32 Å². The fourth-order valence-electron chi connectivity index (χ4n) is 1.78. The second kappa shape index (κ2) is 3.46. The molecule has 0 amide bonds. The van der Waals surface area contributed by atoms with Crippen LogP contribution >= 0.6 is 0 Å². The van der Waals surface area contributed by atoms with Gasteiger partial charge >= 0.3 is 0 Å². The van der Waals surface area contributed by atoms with Crippen molar-refractivity contribution in [1.29, 1.82) is 0 Å².